The largest absolute Gasteiger partial charge is 0.311 e. The maximum absolute atomic E-state index is 2.66. The Balaban J connectivity index is 0.898. The van der Waals surface area contributed by atoms with Crippen molar-refractivity contribution < 1.29 is 0 Å². The third-order valence-corrected chi connectivity index (χ3v) is 22.3. The minimum atomic E-state index is -0.215. The van der Waals surface area contributed by atoms with Crippen LogP contribution in [0.2, 0.25) is 0 Å². The van der Waals surface area contributed by atoms with Gasteiger partial charge in [-0.3, -0.25) is 0 Å². The standard InChI is InChI=1S/C96H65B2N5S/c1-9-34-66(35-10-1)76-50-25-29-56-84(76)101-86-58-31-27-54-80(86)97-82-64-83-92(65-88(82)102(85-57-30-26-51-77(85)67-36-11-2-12-37-67)90-61-74(60-89(101)94(90)97)99(70-42-17-5-18-43-70)71-44-19-6-20-45-71)104-93-63-75(100(72-46-21-7-22-47-72)73-48-23-8-24-49-73)62-91-95(93)98(83)81-55-28-32-59-87(81)103(91)96-78(68-38-13-3-14-39-68)52-33-53-79(96)69-40-15-4-16-41-69/h1-65H. The van der Waals surface area contributed by atoms with E-state index in [9.17, 15) is 0 Å². The molecule has 0 fully saturated rings. The van der Waals surface area contributed by atoms with E-state index in [1.165, 1.54) is 42.6 Å². The highest BCUT2D eigenvalue weighted by Gasteiger charge is 2.48. The Morgan fingerprint density at radius 2 is 0.529 bits per heavy atom. The quantitative estimate of drug-likeness (QED) is 0.106. The Hall–Kier alpha value is -13.0. The van der Waals surface area contributed by atoms with Crippen LogP contribution in [0, 0.1) is 0 Å². The van der Waals surface area contributed by atoms with E-state index in [1.807, 2.05) is 11.8 Å². The number of nitrogens with zero attached hydrogens (tertiary/aromatic N) is 5. The summed E-state index contributed by atoms with van der Waals surface area (Å²) in [6.07, 6.45) is 0. The van der Waals surface area contributed by atoms with Gasteiger partial charge in [-0.05, 0) is 153 Å². The van der Waals surface area contributed by atoms with Gasteiger partial charge in [-0.1, -0.05) is 308 Å². The predicted molar refractivity (Wildman–Crippen MR) is 441 cm³/mol. The lowest BCUT2D eigenvalue weighted by Crippen LogP contribution is -2.64. The van der Waals surface area contributed by atoms with Crippen LogP contribution in [0.4, 0.5) is 85.3 Å². The van der Waals surface area contributed by atoms with Crippen LogP contribution in [0.1, 0.15) is 0 Å². The van der Waals surface area contributed by atoms with Gasteiger partial charge in [0.05, 0.1) is 22.7 Å². The van der Waals surface area contributed by atoms with E-state index in [4.69, 9.17) is 0 Å². The third kappa shape index (κ3) is 10.1. The first-order valence-corrected chi connectivity index (χ1v) is 36.6. The summed E-state index contributed by atoms with van der Waals surface area (Å²) < 4.78 is 0. The van der Waals surface area contributed by atoms with E-state index < -0.39 is 0 Å². The Bertz CT molecular complexity index is 5800. The molecule has 0 amide bonds. The van der Waals surface area contributed by atoms with Crippen LogP contribution in [0.15, 0.2) is 404 Å². The van der Waals surface area contributed by atoms with Gasteiger partial charge >= 0.3 is 0 Å². The van der Waals surface area contributed by atoms with Crippen molar-refractivity contribution in [1.82, 2.24) is 0 Å². The molecule has 104 heavy (non-hydrogen) atoms. The van der Waals surface area contributed by atoms with Crippen molar-refractivity contribution in [3.05, 3.63) is 394 Å². The minimum absolute atomic E-state index is 0.180. The third-order valence-electron chi connectivity index (χ3n) is 21.2. The average molecular weight is 1340 g/mol. The molecule has 0 aliphatic carbocycles. The van der Waals surface area contributed by atoms with Gasteiger partial charge in [-0.25, -0.2) is 0 Å². The monoisotopic (exact) mass is 1340 g/mol. The van der Waals surface area contributed by atoms with Crippen LogP contribution in [-0.4, -0.2) is 13.4 Å². The Labute approximate surface area is 612 Å². The van der Waals surface area contributed by atoms with Gasteiger partial charge in [0.25, 0.3) is 6.71 Å². The number of para-hydroxylation sites is 9. The number of anilines is 15. The van der Waals surface area contributed by atoms with Crippen LogP contribution in [-0.2, 0) is 0 Å². The van der Waals surface area contributed by atoms with Crippen LogP contribution < -0.4 is 57.3 Å². The fraction of sp³-hybridized carbons (Fsp3) is 0. The number of rotatable bonds is 13. The summed E-state index contributed by atoms with van der Waals surface area (Å²) in [5.41, 5.74) is 33.3. The summed E-state index contributed by atoms with van der Waals surface area (Å²) in [6, 6.07) is 146. The zero-order valence-corrected chi connectivity index (χ0v) is 57.6. The van der Waals surface area contributed by atoms with Crippen molar-refractivity contribution in [3.8, 4) is 44.5 Å². The molecule has 4 aliphatic heterocycles. The molecule has 0 spiro atoms. The lowest BCUT2D eigenvalue weighted by Gasteiger charge is -2.46. The molecule has 0 aromatic heterocycles. The molecule has 0 bridgehead atoms. The van der Waals surface area contributed by atoms with Crippen molar-refractivity contribution in [2.45, 2.75) is 9.79 Å². The van der Waals surface area contributed by atoms with Crippen molar-refractivity contribution in [1.29, 1.82) is 0 Å². The lowest BCUT2D eigenvalue weighted by molar-refractivity contribution is 1.22. The molecule has 0 N–H and O–H groups in total. The molecular formula is C96H65B2N5S. The number of hydrogen-bond acceptors (Lipinski definition) is 6. The van der Waals surface area contributed by atoms with Gasteiger partial charge < -0.3 is 24.5 Å². The fourth-order valence-corrected chi connectivity index (χ4v) is 18.1. The predicted octanol–water partition coefficient (Wildman–Crippen LogP) is 22.1. The molecular weight excluding hydrogens is 1280 g/mol. The maximum atomic E-state index is 2.66. The summed E-state index contributed by atoms with van der Waals surface area (Å²) in [7, 11) is 0. The first-order chi connectivity index (χ1) is 51.7. The number of fused-ring (bicyclic) bond motifs is 8. The molecule has 0 atom stereocenters. The molecule has 0 radical (unpaired) electrons. The van der Waals surface area contributed by atoms with E-state index >= 15 is 0 Å². The molecule has 4 aliphatic rings. The highest BCUT2D eigenvalue weighted by molar-refractivity contribution is 8.00. The topological polar surface area (TPSA) is 16.2 Å². The van der Waals surface area contributed by atoms with Gasteiger partial charge in [0.1, 0.15) is 0 Å². The SMILES string of the molecule is c1ccc(-c2ccccc2N2c3ccccc3B3c4cc5c(cc4N(c4ccccc4-c4ccccc4)c4cc(N(c6ccccc6)c6ccccc6)cc2c43)Sc2cc(N(c3ccccc3)c3ccccc3)cc3c2B5c2ccccc2N3c2c(-c3ccccc3)cccc2-c2ccccc2)cc1. The van der Waals surface area contributed by atoms with Crippen molar-refractivity contribution in [2.24, 2.45) is 0 Å². The number of benzene rings is 16. The molecule has 8 heteroatoms. The van der Waals surface area contributed by atoms with Gasteiger partial charge in [0.15, 0.2) is 0 Å². The smallest absolute Gasteiger partial charge is 0.252 e. The molecule has 5 nitrogen and oxygen atoms in total. The van der Waals surface area contributed by atoms with Crippen LogP contribution in [0.25, 0.3) is 44.5 Å². The molecule has 16 aromatic rings. The molecule has 16 aromatic carbocycles. The van der Waals surface area contributed by atoms with Crippen molar-refractivity contribution >= 4 is 143 Å². The normalized spacial score (nSPS) is 12.7. The van der Waals surface area contributed by atoms with Gasteiger partial charge in [0.2, 0.25) is 6.71 Å². The van der Waals surface area contributed by atoms with Crippen LogP contribution >= 0.6 is 11.8 Å². The maximum Gasteiger partial charge on any atom is 0.252 e. The molecule has 486 valence electrons. The van der Waals surface area contributed by atoms with E-state index in [0.29, 0.717) is 0 Å². The van der Waals surface area contributed by atoms with E-state index in [1.54, 1.807) is 0 Å². The second-order valence-corrected chi connectivity index (χ2v) is 28.1. The van der Waals surface area contributed by atoms with Gasteiger partial charge in [-0.2, -0.15) is 0 Å². The number of hydrogen-bond donors (Lipinski definition) is 0. The zero-order chi connectivity index (χ0) is 68.6. The van der Waals surface area contributed by atoms with Gasteiger partial charge in [0, 0.05) is 94.6 Å². The fourth-order valence-electron chi connectivity index (χ4n) is 16.9. The second kappa shape index (κ2) is 25.6. The highest BCUT2D eigenvalue weighted by atomic mass is 32.2. The first-order valence-electron chi connectivity index (χ1n) is 35.8. The second-order valence-electron chi connectivity index (χ2n) is 27.0. The molecule has 4 heterocycles. The van der Waals surface area contributed by atoms with E-state index in [-0.39, 0.29) is 13.4 Å². The molecule has 0 saturated heterocycles. The minimum Gasteiger partial charge on any atom is -0.311 e. The molecule has 20 rings (SSSR count). The average Bonchev–Trinajstić information content (AvgIpc) is 0.687. The Morgan fingerprint density at radius 3 is 0.971 bits per heavy atom. The summed E-state index contributed by atoms with van der Waals surface area (Å²) in [5, 5.41) is 0. The van der Waals surface area contributed by atoms with E-state index in [2.05, 4.69) is 419 Å². The summed E-state index contributed by atoms with van der Waals surface area (Å²) in [4.78, 5) is 15.2. The van der Waals surface area contributed by atoms with Crippen molar-refractivity contribution in [2.75, 3.05) is 24.5 Å². The summed E-state index contributed by atoms with van der Waals surface area (Å²) in [5.74, 6) is 0. The molecule has 0 saturated carbocycles. The zero-order valence-electron chi connectivity index (χ0n) is 56.8. The first kappa shape index (κ1) is 60.9. The Kier molecular flexibility index (Phi) is 15.0. The summed E-state index contributed by atoms with van der Waals surface area (Å²) >= 11 is 1.91. The molecule has 0 unspecified atom stereocenters. The van der Waals surface area contributed by atoms with E-state index in [0.717, 1.165) is 130 Å². The summed E-state index contributed by atoms with van der Waals surface area (Å²) in [6.45, 7) is -0.395. The van der Waals surface area contributed by atoms with Crippen molar-refractivity contribution in [3.63, 3.8) is 0 Å². The Morgan fingerprint density at radius 1 is 0.202 bits per heavy atom. The van der Waals surface area contributed by atoms with Gasteiger partial charge in [-0.15, -0.1) is 0 Å². The van der Waals surface area contributed by atoms with Crippen LogP contribution in [0.3, 0.4) is 0 Å². The highest BCUT2D eigenvalue weighted by Crippen LogP contribution is 2.55. The van der Waals surface area contributed by atoms with Crippen LogP contribution in [0.5, 0.6) is 0 Å². The lowest BCUT2D eigenvalue weighted by atomic mass is 9.31.